The van der Waals surface area contributed by atoms with Gasteiger partial charge in [0.1, 0.15) is 12.2 Å². The summed E-state index contributed by atoms with van der Waals surface area (Å²) in [4.78, 5) is 4.16. The number of aryl methyl sites for hydroxylation is 1. The molecule has 7 heteroatoms. The van der Waals surface area contributed by atoms with Crippen LogP contribution < -0.4 is 4.72 Å². The zero-order chi connectivity index (χ0) is 14.5. The van der Waals surface area contributed by atoms with E-state index in [-0.39, 0.29) is 11.8 Å². The Labute approximate surface area is 115 Å². The monoisotopic (exact) mass is 288 g/mol. The van der Waals surface area contributed by atoms with Crippen LogP contribution in [0.25, 0.3) is 0 Å². The Morgan fingerprint density at radius 2 is 2.11 bits per heavy atom. The van der Waals surface area contributed by atoms with Gasteiger partial charge >= 0.3 is 0 Å². The van der Waals surface area contributed by atoms with Crippen LogP contribution in [0.5, 0.6) is 0 Å². The molecule has 6 nitrogen and oxygen atoms in total. The average molecular weight is 288 g/mol. The Kier molecular flexibility index (Phi) is 5.93. The molecule has 0 amide bonds. The van der Waals surface area contributed by atoms with Crippen molar-refractivity contribution in [2.45, 2.75) is 46.1 Å². The second-order valence-corrected chi connectivity index (χ2v) is 7.09. The highest BCUT2D eigenvalue weighted by molar-refractivity contribution is 7.89. The lowest BCUT2D eigenvalue weighted by atomic mass is 10.0. The second-order valence-electron chi connectivity index (χ2n) is 5.21. The van der Waals surface area contributed by atoms with Crippen LogP contribution >= 0.6 is 0 Å². The average Bonchev–Trinajstić information content (AvgIpc) is 2.71. The lowest BCUT2D eigenvalue weighted by molar-refractivity contribution is 0.443. The van der Waals surface area contributed by atoms with Crippen LogP contribution in [0.2, 0.25) is 0 Å². The fourth-order valence-corrected chi connectivity index (χ4v) is 3.33. The van der Waals surface area contributed by atoms with Crippen molar-refractivity contribution < 1.29 is 8.42 Å². The summed E-state index contributed by atoms with van der Waals surface area (Å²) >= 11 is 0. The highest BCUT2D eigenvalue weighted by atomic mass is 32.2. The molecule has 1 aromatic heterocycles. The number of hydrogen-bond acceptors (Lipinski definition) is 4. The van der Waals surface area contributed by atoms with Crippen molar-refractivity contribution in [3.05, 3.63) is 12.2 Å². The minimum atomic E-state index is -3.26. The zero-order valence-electron chi connectivity index (χ0n) is 12.1. The standard InChI is InChI=1S/C12H24N4O2S/c1-5-6-7-19(17,18)15-11(8-10(2)3)12-13-9-14-16(12)4/h9-11,15H,5-8H2,1-4H3/t11-/m0/s1. The van der Waals surface area contributed by atoms with Crippen LogP contribution in [0.15, 0.2) is 6.33 Å². The van der Waals surface area contributed by atoms with Gasteiger partial charge in [-0.05, 0) is 18.8 Å². The van der Waals surface area contributed by atoms with E-state index in [1.54, 1.807) is 11.7 Å². The second kappa shape index (κ2) is 7.00. The molecule has 110 valence electrons. The third-order valence-corrected chi connectivity index (χ3v) is 4.32. The van der Waals surface area contributed by atoms with Gasteiger partial charge in [0.2, 0.25) is 10.0 Å². The van der Waals surface area contributed by atoms with Crippen molar-refractivity contribution in [1.29, 1.82) is 0 Å². The summed E-state index contributed by atoms with van der Waals surface area (Å²) < 4.78 is 28.4. The molecule has 0 saturated heterocycles. The summed E-state index contributed by atoms with van der Waals surface area (Å²) in [5.74, 6) is 1.19. The van der Waals surface area contributed by atoms with Crippen molar-refractivity contribution in [3.63, 3.8) is 0 Å². The van der Waals surface area contributed by atoms with Crippen molar-refractivity contribution in [1.82, 2.24) is 19.5 Å². The lowest BCUT2D eigenvalue weighted by Crippen LogP contribution is -2.33. The number of nitrogens with zero attached hydrogens (tertiary/aromatic N) is 3. The van der Waals surface area contributed by atoms with Gasteiger partial charge in [-0.1, -0.05) is 27.2 Å². The van der Waals surface area contributed by atoms with Crippen LogP contribution in [0.1, 0.15) is 51.9 Å². The van der Waals surface area contributed by atoms with Gasteiger partial charge in [0.25, 0.3) is 0 Å². The fourth-order valence-electron chi connectivity index (χ4n) is 1.91. The Morgan fingerprint density at radius 3 is 2.58 bits per heavy atom. The molecule has 0 spiro atoms. The maximum atomic E-state index is 12.0. The Morgan fingerprint density at radius 1 is 1.42 bits per heavy atom. The highest BCUT2D eigenvalue weighted by Crippen LogP contribution is 2.20. The fraction of sp³-hybridized carbons (Fsp3) is 0.833. The largest absolute Gasteiger partial charge is 0.252 e. The van der Waals surface area contributed by atoms with Crippen LogP contribution in [0.4, 0.5) is 0 Å². The van der Waals surface area contributed by atoms with E-state index in [2.05, 4.69) is 28.7 Å². The van der Waals surface area contributed by atoms with Crippen molar-refractivity contribution in [2.75, 3.05) is 5.75 Å². The summed E-state index contributed by atoms with van der Waals surface area (Å²) in [7, 11) is -1.49. The third kappa shape index (κ3) is 5.28. The van der Waals surface area contributed by atoms with E-state index < -0.39 is 10.0 Å². The number of nitrogens with one attached hydrogen (secondary N) is 1. The molecular formula is C12H24N4O2S. The van der Waals surface area contributed by atoms with Gasteiger partial charge in [-0.15, -0.1) is 0 Å². The van der Waals surface area contributed by atoms with Crippen LogP contribution in [-0.4, -0.2) is 28.9 Å². The van der Waals surface area contributed by atoms with Gasteiger partial charge in [0.15, 0.2) is 0 Å². The first kappa shape index (κ1) is 16.1. The molecule has 0 fully saturated rings. The maximum Gasteiger partial charge on any atom is 0.212 e. The molecule has 1 atom stereocenters. The van der Waals surface area contributed by atoms with E-state index in [0.29, 0.717) is 24.6 Å². The molecule has 1 heterocycles. The van der Waals surface area contributed by atoms with Gasteiger partial charge in [-0.25, -0.2) is 18.1 Å². The number of unbranched alkanes of at least 4 members (excludes halogenated alkanes) is 1. The first-order valence-electron chi connectivity index (χ1n) is 6.69. The van der Waals surface area contributed by atoms with Crippen molar-refractivity contribution in [3.8, 4) is 0 Å². The molecule has 0 saturated carbocycles. The minimum absolute atomic E-state index is 0.163. The van der Waals surface area contributed by atoms with Gasteiger partial charge in [-0.2, -0.15) is 5.10 Å². The van der Waals surface area contributed by atoms with Crippen molar-refractivity contribution in [2.24, 2.45) is 13.0 Å². The Hall–Kier alpha value is -0.950. The topological polar surface area (TPSA) is 76.9 Å². The maximum absolute atomic E-state index is 12.0. The quantitative estimate of drug-likeness (QED) is 0.788. The van der Waals surface area contributed by atoms with Gasteiger partial charge < -0.3 is 0 Å². The first-order chi connectivity index (χ1) is 8.85. The van der Waals surface area contributed by atoms with Crippen LogP contribution in [-0.2, 0) is 17.1 Å². The molecule has 0 aliphatic carbocycles. The first-order valence-corrected chi connectivity index (χ1v) is 8.34. The van der Waals surface area contributed by atoms with E-state index >= 15 is 0 Å². The molecule has 1 aromatic rings. The molecule has 0 aliphatic rings. The molecule has 1 N–H and O–H groups in total. The summed E-state index contributed by atoms with van der Waals surface area (Å²) in [6.07, 6.45) is 3.68. The number of aromatic nitrogens is 3. The zero-order valence-corrected chi connectivity index (χ0v) is 12.9. The molecule has 0 aromatic carbocycles. The van der Waals surface area contributed by atoms with Crippen LogP contribution in [0, 0.1) is 5.92 Å². The van der Waals surface area contributed by atoms with E-state index in [4.69, 9.17) is 0 Å². The van der Waals surface area contributed by atoms with Gasteiger partial charge in [0.05, 0.1) is 11.8 Å². The molecule has 0 bridgehead atoms. The van der Waals surface area contributed by atoms with E-state index in [9.17, 15) is 8.42 Å². The molecular weight excluding hydrogens is 264 g/mol. The number of sulfonamides is 1. The van der Waals surface area contributed by atoms with Gasteiger partial charge in [-0.3, -0.25) is 4.68 Å². The Bertz CT molecular complexity index is 482. The van der Waals surface area contributed by atoms with E-state index in [1.807, 2.05) is 6.92 Å². The van der Waals surface area contributed by atoms with Crippen molar-refractivity contribution >= 4 is 10.0 Å². The van der Waals surface area contributed by atoms with Crippen LogP contribution in [0.3, 0.4) is 0 Å². The highest BCUT2D eigenvalue weighted by Gasteiger charge is 2.23. The molecule has 0 radical (unpaired) electrons. The smallest absolute Gasteiger partial charge is 0.212 e. The number of hydrogen-bond donors (Lipinski definition) is 1. The predicted molar refractivity (Wildman–Crippen MR) is 75.0 cm³/mol. The molecule has 0 aliphatic heterocycles. The van der Waals surface area contributed by atoms with E-state index in [0.717, 1.165) is 6.42 Å². The minimum Gasteiger partial charge on any atom is -0.252 e. The predicted octanol–water partition coefficient (Wildman–Crippen LogP) is 1.62. The van der Waals surface area contributed by atoms with Gasteiger partial charge in [0, 0.05) is 7.05 Å². The molecule has 0 unspecified atom stereocenters. The SMILES string of the molecule is CCCCS(=O)(=O)N[C@@H](CC(C)C)c1ncnn1C. The lowest BCUT2D eigenvalue weighted by Gasteiger charge is -2.19. The van der Waals surface area contributed by atoms with E-state index in [1.165, 1.54) is 6.33 Å². The molecule has 19 heavy (non-hydrogen) atoms. The third-order valence-electron chi connectivity index (χ3n) is 2.85. The molecule has 1 rings (SSSR count). The summed E-state index contributed by atoms with van der Waals surface area (Å²) in [6.45, 7) is 6.09. The summed E-state index contributed by atoms with van der Waals surface area (Å²) in [5.41, 5.74) is 0. The summed E-state index contributed by atoms with van der Waals surface area (Å²) in [6, 6.07) is -0.311. The summed E-state index contributed by atoms with van der Waals surface area (Å²) in [5, 5.41) is 4.01. The Balaban J connectivity index is 2.84. The normalized spacial score (nSPS) is 13.9. The number of rotatable bonds is 8.